The first-order valence-electron chi connectivity index (χ1n) is 7.06. The standard InChI is InChI=1S/C16H26N2O2/c1-13-8-5-6-9-14(13)18(11-7-10-17)12-15(19)20-16(2,3)4/h5-6,8-9H,7,10-12,17H2,1-4H3. The molecule has 0 saturated heterocycles. The molecule has 0 amide bonds. The molecule has 4 nitrogen and oxygen atoms in total. The Morgan fingerprint density at radius 3 is 2.50 bits per heavy atom. The van der Waals surface area contributed by atoms with Gasteiger partial charge in [0, 0.05) is 12.2 Å². The Kier molecular flexibility index (Phi) is 6.02. The number of nitrogens with two attached hydrogens (primary N) is 1. The van der Waals surface area contributed by atoms with E-state index in [0.29, 0.717) is 6.54 Å². The highest BCUT2D eigenvalue weighted by atomic mass is 16.6. The van der Waals surface area contributed by atoms with Crippen LogP contribution in [0.4, 0.5) is 5.69 Å². The highest BCUT2D eigenvalue weighted by Gasteiger charge is 2.19. The predicted octanol–water partition coefficient (Wildman–Crippen LogP) is 2.49. The number of benzene rings is 1. The van der Waals surface area contributed by atoms with E-state index in [9.17, 15) is 4.79 Å². The highest BCUT2D eigenvalue weighted by Crippen LogP contribution is 2.20. The monoisotopic (exact) mass is 278 g/mol. The first kappa shape index (κ1) is 16.5. The van der Waals surface area contributed by atoms with E-state index >= 15 is 0 Å². The van der Waals surface area contributed by atoms with Crippen molar-refractivity contribution in [1.82, 2.24) is 0 Å². The molecule has 2 N–H and O–H groups in total. The van der Waals surface area contributed by atoms with Crippen LogP contribution < -0.4 is 10.6 Å². The average molecular weight is 278 g/mol. The summed E-state index contributed by atoms with van der Waals surface area (Å²) in [5.74, 6) is -0.210. The minimum atomic E-state index is -0.456. The molecule has 0 aliphatic carbocycles. The summed E-state index contributed by atoms with van der Waals surface area (Å²) in [5.41, 5.74) is 7.33. The van der Waals surface area contributed by atoms with Crippen LogP contribution in [0.3, 0.4) is 0 Å². The van der Waals surface area contributed by atoms with Crippen molar-refractivity contribution in [2.24, 2.45) is 5.73 Å². The summed E-state index contributed by atoms with van der Waals surface area (Å²) >= 11 is 0. The van der Waals surface area contributed by atoms with Gasteiger partial charge in [0.1, 0.15) is 12.1 Å². The lowest BCUT2D eigenvalue weighted by molar-refractivity contribution is -0.153. The van der Waals surface area contributed by atoms with E-state index in [4.69, 9.17) is 10.5 Å². The van der Waals surface area contributed by atoms with Crippen molar-refractivity contribution in [1.29, 1.82) is 0 Å². The fourth-order valence-electron chi connectivity index (χ4n) is 2.01. The number of anilines is 1. The molecule has 0 atom stereocenters. The number of ether oxygens (including phenoxy) is 1. The largest absolute Gasteiger partial charge is 0.459 e. The summed E-state index contributed by atoms with van der Waals surface area (Å²) in [6.07, 6.45) is 0.844. The third-order valence-corrected chi connectivity index (χ3v) is 2.83. The van der Waals surface area contributed by atoms with Crippen LogP contribution >= 0.6 is 0 Å². The van der Waals surface area contributed by atoms with Gasteiger partial charge in [0.2, 0.25) is 0 Å². The number of aryl methyl sites for hydroxylation is 1. The summed E-state index contributed by atoms with van der Waals surface area (Å²) in [6, 6.07) is 8.04. The number of carbonyl (C=O) groups is 1. The summed E-state index contributed by atoms with van der Waals surface area (Å²) in [7, 11) is 0. The van der Waals surface area contributed by atoms with Gasteiger partial charge in [-0.3, -0.25) is 4.79 Å². The maximum Gasteiger partial charge on any atom is 0.326 e. The minimum Gasteiger partial charge on any atom is -0.459 e. The van der Waals surface area contributed by atoms with Crippen LogP contribution in [0.25, 0.3) is 0 Å². The van der Waals surface area contributed by atoms with Gasteiger partial charge in [0.15, 0.2) is 0 Å². The number of carbonyl (C=O) groups excluding carboxylic acids is 1. The van der Waals surface area contributed by atoms with E-state index in [1.165, 1.54) is 0 Å². The van der Waals surface area contributed by atoms with Crippen LogP contribution in [0.5, 0.6) is 0 Å². The minimum absolute atomic E-state index is 0.210. The summed E-state index contributed by atoms with van der Waals surface area (Å²) in [5, 5.41) is 0. The van der Waals surface area contributed by atoms with Crippen LogP contribution in [0.1, 0.15) is 32.8 Å². The predicted molar refractivity (Wildman–Crippen MR) is 82.9 cm³/mol. The van der Waals surface area contributed by atoms with Gasteiger partial charge >= 0.3 is 5.97 Å². The van der Waals surface area contributed by atoms with Crippen molar-refractivity contribution >= 4 is 11.7 Å². The molecule has 4 heteroatoms. The summed E-state index contributed by atoms with van der Waals surface area (Å²) in [6.45, 7) is 9.29. The van der Waals surface area contributed by atoms with Crippen LogP contribution in [0.2, 0.25) is 0 Å². The lowest BCUT2D eigenvalue weighted by Gasteiger charge is -2.27. The molecule has 0 aromatic heterocycles. The average Bonchev–Trinajstić information content (AvgIpc) is 2.33. The van der Waals surface area contributed by atoms with E-state index in [1.807, 2.05) is 56.9 Å². The number of nitrogens with zero attached hydrogens (tertiary/aromatic N) is 1. The van der Waals surface area contributed by atoms with E-state index < -0.39 is 5.60 Å². The van der Waals surface area contributed by atoms with Gasteiger partial charge in [-0.2, -0.15) is 0 Å². The molecule has 0 heterocycles. The molecule has 1 rings (SSSR count). The van der Waals surface area contributed by atoms with Gasteiger partial charge in [-0.15, -0.1) is 0 Å². The molecule has 0 bridgehead atoms. The van der Waals surface area contributed by atoms with E-state index in [0.717, 1.165) is 24.2 Å². The fourth-order valence-corrected chi connectivity index (χ4v) is 2.01. The van der Waals surface area contributed by atoms with Crippen LogP contribution in [0.15, 0.2) is 24.3 Å². The molecule has 20 heavy (non-hydrogen) atoms. The first-order chi connectivity index (χ1) is 9.33. The van der Waals surface area contributed by atoms with Crippen LogP contribution in [-0.2, 0) is 9.53 Å². The SMILES string of the molecule is Cc1ccccc1N(CCCN)CC(=O)OC(C)(C)C. The van der Waals surface area contributed by atoms with Crippen LogP contribution in [-0.4, -0.2) is 31.2 Å². The molecule has 0 saturated carbocycles. The first-order valence-corrected chi connectivity index (χ1v) is 7.06. The molecule has 0 unspecified atom stereocenters. The maximum absolute atomic E-state index is 12.0. The molecule has 1 aromatic rings. The highest BCUT2D eigenvalue weighted by molar-refractivity contribution is 5.76. The molecule has 0 fully saturated rings. The maximum atomic E-state index is 12.0. The second kappa shape index (κ2) is 7.29. The van der Waals surface area contributed by atoms with Crippen molar-refractivity contribution < 1.29 is 9.53 Å². The molecular weight excluding hydrogens is 252 g/mol. The Bertz CT molecular complexity index is 438. The second-order valence-corrected chi connectivity index (χ2v) is 5.94. The summed E-state index contributed by atoms with van der Waals surface area (Å²) in [4.78, 5) is 14.1. The third-order valence-electron chi connectivity index (χ3n) is 2.83. The van der Waals surface area contributed by atoms with Crippen molar-refractivity contribution in [3.63, 3.8) is 0 Å². The van der Waals surface area contributed by atoms with Gasteiger partial charge < -0.3 is 15.4 Å². The Morgan fingerprint density at radius 2 is 1.95 bits per heavy atom. The van der Waals surface area contributed by atoms with Crippen molar-refractivity contribution in [2.45, 2.75) is 39.7 Å². The normalized spacial score (nSPS) is 11.2. The third kappa shape index (κ3) is 5.61. The van der Waals surface area contributed by atoms with Crippen LogP contribution in [0, 0.1) is 6.92 Å². The van der Waals surface area contributed by atoms with E-state index in [1.54, 1.807) is 0 Å². The lowest BCUT2D eigenvalue weighted by Crippen LogP contribution is -2.36. The zero-order valence-corrected chi connectivity index (χ0v) is 13.0. The Hall–Kier alpha value is -1.55. The molecular formula is C16H26N2O2. The smallest absolute Gasteiger partial charge is 0.326 e. The lowest BCUT2D eigenvalue weighted by atomic mass is 10.1. The number of esters is 1. The molecule has 112 valence electrons. The Balaban J connectivity index is 2.80. The quantitative estimate of drug-likeness (QED) is 0.812. The summed E-state index contributed by atoms with van der Waals surface area (Å²) < 4.78 is 5.40. The van der Waals surface area contributed by atoms with E-state index in [2.05, 4.69) is 0 Å². The van der Waals surface area contributed by atoms with Gasteiger partial charge in [-0.25, -0.2) is 0 Å². The van der Waals surface area contributed by atoms with Gasteiger partial charge in [-0.1, -0.05) is 18.2 Å². The number of para-hydroxylation sites is 1. The Morgan fingerprint density at radius 1 is 1.30 bits per heavy atom. The molecule has 0 radical (unpaired) electrons. The second-order valence-electron chi connectivity index (χ2n) is 5.94. The molecule has 0 aliphatic rings. The zero-order valence-electron chi connectivity index (χ0n) is 13.0. The molecule has 0 spiro atoms. The molecule has 0 aliphatic heterocycles. The topological polar surface area (TPSA) is 55.6 Å². The van der Waals surface area contributed by atoms with Gasteiger partial charge in [0.05, 0.1) is 0 Å². The fraction of sp³-hybridized carbons (Fsp3) is 0.562. The van der Waals surface area contributed by atoms with Gasteiger partial charge in [-0.05, 0) is 52.3 Å². The van der Waals surface area contributed by atoms with Gasteiger partial charge in [0.25, 0.3) is 0 Å². The van der Waals surface area contributed by atoms with Crippen molar-refractivity contribution in [2.75, 3.05) is 24.5 Å². The number of hydrogen-bond acceptors (Lipinski definition) is 4. The van der Waals surface area contributed by atoms with Crippen molar-refractivity contribution in [3.05, 3.63) is 29.8 Å². The number of hydrogen-bond donors (Lipinski definition) is 1. The number of rotatable bonds is 6. The Labute approximate surface area is 121 Å². The molecule has 1 aromatic carbocycles. The zero-order chi connectivity index (χ0) is 15.2. The van der Waals surface area contributed by atoms with Crippen molar-refractivity contribution in [3.8, 4) is 0 Å². The van der Waals surface area contributed by atoms with E-state index in [-0.39, 0.29) is 12.5 Å².